The molecular formula is C132H80N12S3. The second-order valence-electron chi connectivity index (χ2n) is 38.4. The molecule has 15 heteroatoms. The third-order valence-electron chi connectivity index (χ3n) is 29.9. The zero-order valence-corrected chi connectivity index (χ0v) is 81.8. The van der Waals surface area contributed by atoms with Crippen molar-refractivity contribution in [2.24, 2.45) is 0 Å². The summed E-state index contributed by atoms with van der Waals surface area (Å²) in [5.41, 5.74) is 26.4. The Morgan fingerprint density at radius 1 is 0.211 bits per heavy atom. The van der Waals surface area contributed by atoms with Gasteiger partial charge in [-0.1, -0.05) is 323 Å². The first-order chi connectivity index (χ1) is 72.7. The normalized spacial score (nSPS) is 12.5. The van der Waals surface area contributed by atoms with Crippen LogP contribution in [0.25, 0.3) is 287 Å². The summed E-state index contributed by atoms with van der Waals surface area (Å²) in [6, 6.07) is 153. The van der Waals surface area contributed by atoms with Crippen LogP contribution in [0, 0.1) is 0 Å². The van der Waals surface area contributed by atoms with E-state index in [4.69, 9.17) is 39.9 Å². The Labute approximate surface area is 853 Å². The molecule has 0 unspecified atom stereocenters. The quantitative estimate of drug-likeness (QED) is 0.139. The van der Waals surface area contributed by atoms with E-state index in [0.717, 1.165) is 106 Å². The van der Waals surface area contributed by atoms with Crippen LogP contribution in [0.3, 0.4) is 0 Å². The summed E-state index contributed by atoms with van der Waals surface area (Å²) in [4.78, 5) is 45.7. The molecule has 0 atom stereocenters. The second kappa shape index (κ2) is 33.3. The molecule has 12 heterocycles. The number of fused-ring (bicyclic) bond motifs is 36. The van der Waals surface area contributed by atoms with Gasteiger partial charge in [0.05, 0.1) is 50.2 Å². The van der Waals surface area contributed by atoms with Gasteiger partial charge in [-0.3, -0.25) is 9.13 Å². The molecule has 31 aromatic rings. The van der Waals surface area contributed by atoms with Crippen molar-refractivity contribution >= 4 is 225 Å². The zero-order chi connectivity index (χ0) is 96.8. The van der Waals surface area contributed by atoms with Crippen molar-refractivity contribution in [2.45, 2.75) is 19.3 Å². The molecule has 0 spiro atoms. The zero-order valence-electron chi connectivity index (χ0n) is 79.3. The fourth-order valence-corrected chi connectivity index (χ4v) is 27.3. The molecule has 19 aromatic carbocycles. The van der Waals surface area contributed by atoms with Crippen LogP contribution in [0.5, 0.6) is 0 Å². The number of para-hydroxylation sites is 3. The number of thiophene rings is 3. The predicted octanol–water partition coefficient (Wildman–Crippen LogP) is 35.2. The summed E-state index contributed by atoms with van der Waals surface area (Å²) in [6.45, 7) is 4.65. The maximum Gasteiger partial charge on any atom is 0.237 e. The van der Waals surface area contributed by atoms with E-state index in [2.05, 4.69) is 421 Å². The minimum atomic E-state index is -0.118. The van der Waals surface area contributed by atoms with E-state index >= 15 is 0 Å². The van der Waals surface area contributed by atoms with Gasteiger partial charge in [-0.15, -0.1) is 34.0 Å². The van der Waals surface area contributed by atoms with Gasteiger partial charge in [-0.05, 0) is 182 Å². The molecule has 147 heavy (non-hydrogen) atoms. The number of aromatic nitrogens is 12. The SMILES string of the molecule is CC1(C)c2ccccc2-c2ccc(-c3nc(-n4c5ccccc5c5c6sc7ccccc7c6c6ccccc6c54)nc4ncccc34)cc21.c1ccc(-c2cc(-c3ccccc3)cc(-c3nc(-n4c5ccccc5c5c6sc7ccccc7c6c6ccccc6c54)nc4ncccc34)c2)cc1.c1ccc(-c2nc(-c3ccc(-n4c5ccccc5c5c6sc7ccccc7c6c6ccccc6c54)cc3)nc3ncccc23)cc1. The minimum absolute atomic E-state index is 0.118. The van der Waals surface area contributed by atoms with Gasteiger partial charge in [0.2, 0.25) is 11.9 Å². The third kappa shape index (κ3) is 13.1. The van der Waals surface area contributed by atoms with Crippen LogP contribution in [0.2, 0.25) is 0 Å². The van der Waals surface area contributed by atoms with Crippen molar-refractivity contribution in [3.05, 3.63) is 460 Å². The van der Waals surface area contributed by atoms with Crippen LogP contribution in [0.15, 0.2) is 449 Å². The first kappa shape index (κ1) is 84.2. The van der Waals surface area contributed by atoms with Crippen LogP contribution < -0.4 is 0 Å². The highest BCUT2D eigenvalue weighted by atomic mass is 32.1. The Hall–Kier alpha value is -18.5. The summed E-state index contributed by atoms with van der Waals surface area (Å²) in [5.74, 6) is 1.89. The number of hydrogen-bond donors (Lipinski definition) is 0. The number of hydrogen-bond acceptors (Lipinski definition) is 12. The van der Waals surface area contributed by atoms with Gasteiger partial charge >= 0.3 is 0 Å². The molecule has 686 valence electrons. The van der Waals surface area contributed by atoms with Gasteiger partial charge in [0, 0.05) is 177 Å². The van der Waals surface area contributed by atoms with Gasteiger partial charge in [-0.25, -0.2) is 34.9 Å². The molecule has 0 fully saturated rings. The van der Waals surface area contributed by atoms with Gasteiger partial charge in [-0.2, -0.15) is 9.97 Å². The van der Waals surface area contributed by atoms with Crippen LogP contribution in [-0.2, 0) is 5.41 Å². The fourth-order valence-electron chi connectivity index (χ4n) is 23.5. The molecular weight excluding hydrogens is 1850 g/mol. The Kier molecular flexibility index (Phi) is 19.1. The third-order valence-corrected chi connectivity index (χ3v) is 33.5. The molecule has 32 rings (SSSR count). The predicted molar refractivity (Wildman–Crippen MR) is 616 cm³/mol. The average Bonchev–Trinajstić information content (AvgIpc) is 1.54. The highest BCUT2D eigenvalue weighted by Crippen LogP contribution is 2.55. The summed E-state index contributed by atoms with van der Waals surface area (Å²) in [5, 5.41) is 25.5. The molecule has 0 saturated carbocycles. The monoisotopic (exact) mass is 1930 g/mol. The fraction of sp³-hybridized carbons (Fsp3) is 0.0227. The van der Waals surface area contributed by atoms with Gasteiger partial charge in [0.25, 0.3) is 0 Å². The minimum Gasteiger partial charge on any atom is -0.309 e. The Balaban J connectivity index is 0.000000102. The Morgan fingerprint density at radius 2 is 0.544 bits per heavy atom. The standard InChI is InChI=1S/C47H28N4S.C44H28N4S.C41H24N4S/c1-3-14-29(15-4-1)31-26-32(30-16-5-2-6-17-30)28-33(27-31)43-38-22-13-25-48-46(38)50-47(49-43)51-39-23-11-9-20-36(39)42-44(51)35-19-8-7-18-34(35)41-37-21-10-12-24-40(37)52-45(41)42;1-44(2)33-18-8-5-12-26(33)27-22-21-25(24-34(27)44)39-32-17-11-23-45-42(32)47-43(46-39)48-35-19-9-6-15-30(35)38-40(48)29-14-4-3-13-28(29)37-31-16-7-10-20-36(31)49-41(37)38;1-2-11-25(12-3-1)37-32-17-10-24-42-41(32)44-40(43-37)26-20-22-27(23-21-26)45-33-18-8-6-15-30(33)36-38(45)29-14-5-4-13-28(29)35-31-16-7-9-19-34(31)46-39(35)36/h1-28H;3-24H,1-2H3;1-24H. The maximum atomic E-state index is 5.53. The van der Waals surface area contributed by atoms with Crippen LogP contribution in [-0.4, -0.2) is 58.6 Å². The van der Waals surface area contributed by atoms with E-state index in [-0.39, 0.29) is 5.41 Å². The topological polar surface area (TPSA) is 131 Å². The second-order valence-corrected chi connectivity index (χ2v) is 41.6. The first-order valence-electron chi connectivity index (χ1n) is 49.5. The first-order valence-corrected chi connectivity index (χ1v) is 52.0. The lowest BCUT2D eigenvalue weighted by molar-refractivity contribution is 0.660. The molecule has 0 saturated heterocycles. The van der Waals surface area contributed by atoms with Crippen molar-refractivity contribution in [1.82, 2.24) is 58.6 Å². The lowest BCUT2D eigenvalue weighted by Crippen LogP contribution is -2.15. The van der Waals surface area contributed by atoms with Crippen molar-refractivity contribution < 1.29 is 0 Å². The van der Waals surface area contributed by atoms with E-state index in [1.807, 2.05) is 88.9 Å². The van der Waals surface area contributed by atoms with E-state index in [1.54, 1.807) is 6.20 Å². The van der Waals surface area contributed by atoms with Gasteiger partial charge in [0.1, 0.15) is 0 Å². The summed E-state index contributed by atoms with van der Waals surface area (Å²) >= 11 is 5.63. The lowest BCUT2D eigenvalue weighted by atomic mass is 9.82. The molecule has 0 aliphatic heterocycles. The van der Waals surface area contributed by atoms with Gasteiger partial charge < -0.3 is 4.57 Å². The summed E-state index contributed by atoms with van der Waals surface area (Å²) < 4.78 is 14.8. The molecule has 0 N–H and O–H groups in total. The van der Waals surface area contributed by atoms with Crippen molar-refractivity contribution in [3.63, 3.8) is 0 Å². The number of pyridine rings is 3. The van der Waals surface area contributed by atoms with Crippen LogP contribution in [0.4, 0.5) is 0 Å². The Bertz CT molecular complexity index is 10900. The molecule has 12 nitrogen and oxygen atoms in total. The highest BCUT2D eigenvalue weighted by Gasteiger charge is 2.37. The van der Waals surface area contributed by atoms with Crippen molar-refractivity contribution in [2.75, 3.05) is 0 Å². The van der Waals surface area contributed by atoms with Crippen LogP contribution in [0.1, 0.15) is 25.0 Å². The van der Waals surface area contributed by atoms with E-state index in [0.29, 0.717) is 34.7 Å². The van der Waals surface area contributed by atoms with Gasteiger partial charge in [0.15, 0.2) is 22.8 Å². The number of benzene rings is 19. The summed E-state index contributed by atoms with van der Waals surface area (Å²) in [7, 11) is 0. The largest absolute Gasteiger partial charge is 0.309 e. The average molecular weight is 1930 g/mol. The number of rotatable bonds is 9. The molecule has 1 aliphatic rings. The van der Waals surface area contributed by atoms with E-state index < -0.39 is 0 Å². The Morgan fingerprint density at radius 3 is 1.00 bits per heavy atom. The molecule has 0 radical (unpaired) electrons. The molecule has 12 aromatic heterocycles. The highest BCUT2D eigenvalue weighted by molar-refractivity contribution is 7.28. The molecule has 0 bridgehead atoms. The molecule has 0 amide bonds. The summed E-state index contributed by atoms with van der Waals surface area (Å²) in [6.07, 6.45) is 5.44. The van der Waals surface area contributed by atoms with E-state index in [1.165, 1.54) is 158 Å². The smallest absolute Gasteiger partial charge is 0.237 e. The lowest BCUT2D eigenvalue weighted by Gasteiger charge is -2.22. The number of nitrogens with zero attached hydrogens (tertiary/aromatic N) is 12. The van der Waals surface area contributed by atoms with Crippen molar-refractivity contribution in [3.8, 4) is 96.1 Å². The molecule has 1 aliphatic carbocycles. The maximum absolute atomic E-state index is 5.53. The van der Waals surface area contributed by atoms with E-state index in [9.17, 15) is 0 Å². The van der Waals surface area contributed by atoms with Crippen LogP contribution >= 0.6 is 34.0 Å². The van der Waals surface area contributed by atoms with Crippen molar-refractivity contribution in [1.29, 1.82) is 0 Å².